The second kappa shape index (κ2) is 4.04. The van der Waals surface area contributed by atoms with E-state index in [9.17, 15) is 18.3 Å². The molecular weight excluding hydrogens is 229 g/mol. The van der Waals surface area contributed by atoms with Crippen molar-refractivity contribution in [3.63, 3.8) is 0 Å². The first-order chi connectivity index (χ1) is 7.91. The number of hydrogen-bond acceptors (Lipinski definition) is 1. The summed E-state index contributed by atoms with van der Waals surface area (Å²) in [5.74, 6) is 0. The second-order valence-corrected chi connectivity index (χ2v) is 3.96. The standard InChI is InChI=1S/C13H11F3O/c1-8-4-2-5-9-6-3-7-10(11(8)9)12(17)13(14,15)16/h2-7,12,17H,1H3. The van der Waals surface area contributed by atoms with Gasteiger partial charge in [-0.1, -0.05) is 36.4 Å². The van der Waals surface area contributed by atoms with E-state index in [2.05, 4.69) is 0 Å². The van der Waals surface area contributed by atoms with E-state index in [0.717, 1.165) is 5.56 Å². The highest BCUT2D eigenvalue weighted by molar-refractivity contribution is 5.89. The maximum Gasteiger partial charge on any atom is 0.418 e. The molecule has 1 unspecified atom stereocenters. The van der Waals surface area contributed by atoms with Crippen LogP contribution < -0.4 is 0 Å². The Bertz CT molecular complexity index is 541. The minimum atomic E-state index is -4.64. The number of benzene rings is 2. The summed E-state index contributed by atoms with van der Waals surface area (Å²) in [5.41, 5.74) is 0.634. The third-order valence-electron chi connectivity index (χ3n) is 2.75. The Kier molecular flexibility index (Phi) is 2.83. The number of aryl methyl sites for hydroxylation is 1. The smallest absolute Gasteiger partial charge is 0.379 e. The molecule has 0 amide bonds. The number of hydrogen-bond donors (Lipinski definition) is 1. The van der Waals surface area contributed by atoms with Crippen LogP contribution in [0.15, 0.2) is 36.4 Å². The Labute approximate surface area is 96.5 Å². The molecule has 2 aromatic rings. The van der Waals surface area contributed by atoms with Crippen LogP contribution in [0.4, 0.5) is 13.2 Å². The van der Waals surface area contributed by atoms with Gasteiger partial charge in [-0.2, -0.15) is 13.2 Å². The molecule has 0 bridgehead atoms. The van der Waals surface area contributed by atoms with Crippen LogP contribution in [0.25, 0.3) is 10.8 Å². The van der Waals surface area contributed by atoms with Gasteiger partial charge in [-0.15, -0.1) is 0 Å². The number of fused-ring (bicyclic) bond motifs is 1. The predicted molar refractivity (Wildman–Crippen MR) is 59.7 cm³/mol. The van der Waals surface area contributed by atoms with Gasteiger partial charge in [0, 0.05) is 0 Å². The third-order valence-corrected chi connectivity index (χ3v) is 2.75. The van der Waals surface area contributed by atoms with Crippen molar-refractivity contribution in [2.75, 3.05) is 0 Å². The summed E-state index contributed by atoms with van der Waals surface area (Å²) in [5, 5.41) is 10.5. The van der Waals surface area contributed by atoms with Crippen LogP contribution in [-0.4, -0.2) is 11.3 Å². The van der Waals surface area contributed by atoms with Gasteiger partial charge in [0.1, 0.15) is 0 Å². The first-order valence-electron chi connectivity index (χ1n) is 5.14. The summed E-state index contributed by atoms with van der Waals surface area (Å²) in [6.45, 7) is 1.73. The van der Waals surface area contributed by atoms with E-state index < -0.39 is 12.3 Å². The minimum absolute atomic E-state index is 0.0897. The largest absolute Gasteiger partial charge is 0.418 e. The molecule has 0 spiro atoms. The molecule has 0 aromatic heterocycles. The third kappa shape index (κ3) is 2.13. The van der Waals surface area contributed by atoms with Crippen molar-refractivity contribution in [2.24, 2.45) is 0 Å². The van der Waals surface area contributed by atoms with E-state index in [4.69, 9.17) is 0 Å². The number of halogens is 3. The van der Waals surface area contributed by atoms with E-state index in [1.807, 2.05) is 0 Å². The summed E-state index contributed by atoms with van der Waals surface area (Å²) in [7, 11) is 0. The fourth-order valence-electron chi connectivity index (χ4n) is 1.97. The lowest BCUT2D eigenvalue weighted by molar-refractivity contribution is -0.206. The van der Waals surface area contributed by atoms with Crippen LogP contribution in [0.1, 0.15) is 17.2 Å². The molecule has 0 saturated carbocycles. The van der Waals surface area contributed by atoms with Gasteiger partial charge in [0.2, 0.25) is 0 Å². The molecule has 0 saturated heterocycles. The SMILES string of the molecule is Cc1cccc2cccc(C(O)C(F)(F)F)c12. The molecule has 0 fully saturated rings. The molecule has 2 aromatic carbocycles. The molecule has 17 heavy (non-hydrogen) atoms. The van der Waals surface area contributed by atoms with Crippen molar-refractivity contribution in [1.29, 1.82) is 0 Å². The number of alkyl halides is 3. The van der Waals surface area contributed by atoms with Crippen LogP contribution in [0.2, 0.25) is 0 Å². The molecule has 0 aliphatic rings. The Morgan fingerprint density at radius 2 is 1.65 bits per heavy atom. The maximum absolute atomic E-state index is 12.5. The monoisotopic (exact) mass is 240 g/mol. The van der Waals surface area contributed by atoms with Crippen molar-refractivity contribution in [2.45, 2.75) is 19.2 Å². The zero-order valence-electron chi connectivity index (χ0n) is 9.12. The van der Waals surface area contributed by atoms with Crippen molar-refractivity contribution < 1.29 is 18.3 Å². The van der Waals surface area contributed by atoms with Gasteiger partial charge in [-0.3, -0.25) is 0 Å². The Morgan fingerprint density at radius 1 is 1.06 bits per heavy atom. The summed E-state index contributed by atoms with van der Waals surface area (Å²) >= 11 is 0. The molecule has 0 aliphatic heterocycles. The first kappa shape index (κ1) is 11.9. The first-order valence-corrected chi connectivity index (χ1v) is 5.14. The van der Waals surface area contributed by atoms with Crippen molar-refractivity contribution >= 4 is 10.8 Å². The molecule has 0 heterocycles. The fraction of sp³-hybridized carbons (Fsp3) is 0.231. The predicted octanol–water partition coefficient (Wildman–Crippen LogP) is 3.74. The lowest BCUT2D eigenvalue weighted by Crippen LogP contribution is -2.20. The van der Waals surface area contributed by atoms with Crippen molar-refractivity contribution in [1.82, 2.24) is 0 Å². The average molecular weight is 240 g/mol. The Hall–Kier alpha value is -1.55. The van der Waals surface area contributed by atoms with Gasteiger partial charge in [-0.05, 0) is 28.8 Å². The van der Waals surface area contributed by atoms with E-state index in [0.29, 0.717) is 10.8 Å². The van der Waals surface area contributed by atoms with Crippen LogP contribution in [0.5, 0.6) is 0 Å². The van der Waals surface area contributed by atoms with Gasteiger partial charge in [0.25, 0.3) is 0 Å². The average Bonchev–Trinajstić information content (AvgIpc) is 2.26. The zero-order chi connectivity index (χ0) is 12.6. The van der Waals surface area contributed by atoms with Crippen LogP contribution >= 0.6 is 0 Å². The van der Waals surface area contributed by atoms with E-state index in [1.54, 1.807) is 31.2 Å². The molecule has 4 heteroatoms. The van der Waals surface area contributed by atoms with Crippen LogP contribution in [0.3, 0.4) is 0 Å². The molecule has 1 atom stereocenters. The van der Waals surface area contributed by atoms with Crippen LogP contribution in [-0.2, 0) is 0 Å². The minimum Gasteiger partial charge on any atom is -0.379 e. The lowest BCUT2D eigenvalue weighted by Gasteiger charge is -2.17. The van der Waals surface area contributed by atoms with Gasteiger partial charge in [-0.25, -0.2) is 0 Å². The highest BCUT2D eigenvalue weighted by Crippen LogP contribution is 2.36. The molecule has 90 valence electrons. The summed E-state index contributed by atoms with van der Waals surface area (Å²) in [4.78, 5) is 0. The molecule has 2 rings (SSSR count). The van der Waals surface area contributed by atoms with Gasteiger partial charge in [0.05, 0.1) is 0 Å². The second-order valence-electron chi connectivity index (χ2n) is 3.96. The molecule has 0 radical (unpaired) electrons. The highest BCUT2D eigenvalue weighted by atomic mass is 19.4. The molecule has 1 N–H and O–H groups in total. The van der Waals surface area contributed by atoms with Gasteiger partial charge < -0.3 is 5.11 Å². The number of rotatable bonds is 1. The van der Waals surface area contributed by atoms with E-state index in [1.165, 1.54) is 12.1 Å². The van der Waals surface area contributed by atoms with Crippen LogP contribution in [0, 0.1) is 6.92 Å². The summed E-state index contributed by atoms with van der Waals surface area (Å²) in [6.07, 6.45) is -7.08. The maximum atomic E-state index is 12.5. The normalized spacial score (nSPS) is 13.9. The van der Waals surface area contributed by atoms with Gasteiger partial charge >= 0.3 is 6.18 Å². The number of aliphatic hydroxyl groups is 1. The van der Waals surface area contributed by atoms with E-state index in [-0.39, 0.29) is 5.56 Å². The Morgan fingerprint density at radius 3 is 2.24 bits per heavy atom. The van der Waals surface area contributed by atoms with Gasteiger partial charge in [0.15, 0.2) is 6.10 Å². The molecule has 1 nitrogen and oxygen atoms in total. The lowest BCUT2D eigenvalue weighted by atomic mass is 9.96. The zero-order valence-corrected chi connectivity index (χ0v) is 9.12. The molecule has 0 aliphatic carbocycles. The highest BCUT2D eigenvalue weighted by Gasteiger charge is 2.40. The van der Waals surface area contributed by atoms with Crippen molar-refractivity contribution in [3.05, 3.63) is 47.5 Å². The van der Waals surface area contributed by atoms with E-state index >= 15 is 0 Å². The van der Waals surface area contributed by atoms with Crippen molar-refractivity contribution in [3.8, 4) is 0 Å². The summed E-state index contributed by atoms with van der Waals surface area (Å²) in [6, 6.07) is 9.81. The molecular formula is C13H11F3O. The topological polar surface area (TPSA) is 20.2 Å². The summed E-state index contributed by atoms with van der Waals surface area (Å²) < 4.78 is 37.6. The quantitative estimate of drug-likeness (QED) is 0.805. The number of aliphatic hydroxyl groups excluding tert-OH is 1. The fourth-order valence-corrected chi connectivity index (χ4v) is 1.97. The Balaban J connectivity index is 2.70.